The standard InChI is InChI=1S/C20H31N5O/c1-21-19(23-17-16-5-9-26-18(16)20(17)6-3-7-20)25-8-4-14(13-25)10-15-11-22-24(2)12-15/h11-12,14,16-18H,3-10,13H2,1-2H3,(H,21,23). The van der Waals surface area contributed by atoms with Crippen molar-refractivity contribution < 1.29 is 4.74 Å². The summed E-state index contributed by atoms with van der Waals surface area (Å²) in [5.41, 5.74) is 1.76. The van der Waals surface area contributed by atoms with Crippen molar-refractivity contribution in [3.8, 4) is 0 Å². The highest BCUT2D eigenvalue weighted by atomic mass is 16.5. The molecule has 142 valence electrons. The molecule has 0 bridgehead atoms. The molecule has 0 amide bonds. The fourth-order valence-electron chi connectivity index (χ4n) is 5.99. The van der Waals surface area contributed by atoms with Crippen molar-refractivity contribution in [2.24, 2.45) is 29.3 Å². The number of nitrogens with one attached hydrogen (secondary N) is 1. The number of aromatic nitrogens is 2. The average Bonchev–Trinajstić information content (AvgIpc) is 3.29. The third-order valence-electron chi connectivity index (χ3n) is 7.40. The summed E-state index contributed by atoms with van der Waals surface area (Å²) in [6.07, 6.45) is 12.2. The molecule has 4 atom stereocenters. The molecule has 1 aromatic rings. The summed E-state index contributed by atoms with van der Waals surface area (Å²) in [7, 11) is 3.93. The van der Waals surface area contributed by atoms with Crippen LogP contribution in [0.2, 0.25) is 0 Å². The van der Waals surface area contributed by atoms with E-state index in [1.807, 2.05) is 25.0 Å². The highest BCUT2D eigenvalue weighted by Crippen LogP contribution is 2.62. The van der Waals surface area contributed by atoms with Gasteiger partial charge in [-0.25, -0.2) is 0 Å². The third-order valence-corrected chi connectivity index (χ3v) is 7.40. The first-order chi connectivity index (χ1) is 12.7. The van der Waals surface area contributed by atoms with E-state index in [2.05, 4.69) is 26.5 Å². The lowest BCUT2D eigenvalue weighted by Crippen LogP contribution is -2.72. The van der Waals surface area contributed by atoms with Crippen LogP contribution >= 0.6 is 0 Å². The van der Waals surface area contributed by atoms with Crippen LogP contribution < -0.4 is 5.32 Å². The molecule has 0 aromatic carbocycles. The molecule has 4 unspecified atom stereocenters. The van der Waals surface area contributed by atoms with E-state index in [0.717, 1.165) is 32.1 Å². The Morgan fingerprint density at radius 3 is 3.00 bits per heavy atom. The zero-order valence-corrected chi connectivity index (χ0v) is 16.0. The number of aryl methyl sites for hydroxylation is 1. The molecule has 2 saturated heterocycles. The molecular formula is C20H31N5O. The number of likely N-dealkylation sites (tertiary alicyclic amines) is 1. The Morgan fingerprint density at radius 2 is 2.31 bits per heavy atom. The van der Waals surface area contributed by atoms with Gasteiger partial charge in [-0.1, -0.05) is 6.42 Å². The molecule has 1 aromatic heterocycles. The maximum atomic E-state index is 6.06. The van der Waals surface area contributed by atoms with Crippen LogP contribution in [0.25, 0.3) is 0 Å². The average molecular weight is 358 g/mol. The van der Waals surface area contributed by atoms with Gasteiger partial charge < -0.3 is 15.0 Å². The van der Waals surface area contributed by atoms with E-state index < -0.39 is 0 Å². The molecule has 6 nitrogen and oxygen atoms in total. The Bertz CT molecular complexity index is 694. The lowest BCUT2D eigenvalue weighted by molar-refractivity contribution is -0.171. The molecule has 26 heavy (non-hydrogen) atoms. The summed E-state index contributed by atoms with van der Waals surface area (Å²) in [5.74, 6) is 2.50. The molecular weight excluding hydrogens is 326 g/mol. The van der Waals surface area contributed by atoms with Crippen LogP contribution in [0.15, 0.2) is 17.4 Å². The van der Waals surface area contributed by atoms with Gasteiger partial charge in [0.1, 0.15) is 0 Å². The lowest BCUT2D eigenvalue weighted by atomic mass is 9.46. The van der Waals surface area contributed by atoms with Crippen molar-refractivity contribution in [2.75, 3.05) is 26.7 Å². The Balaban J connectivity index is 1.22. The quantitative estimate of drug-likeness (QED) is 0.662. The predicted octanol–water partition coefficient (Wildman–Crippen LogP) is 1.82. The number of nitrogens with zero attached hydrogens (tertiary/aromatic N) is 4. The van der Waals surface area contributed by atoms with Gasteiger partial charge in [0, 0.05) is 57.4 Å². The number of fused-ring (bicyclic) bond motifs is 2. The van der Waals surface area contributed by atoms with Gasteiger partial charge in [-0.15, -0.1) is 0 Å². The minimum absolute atomic E-state index is 0.409. The molecule has 6 heteroatoms. The second-order valence-electron chi connectivity index (χ2n) is 8.83. The Hall–Kier alpha value is -1.56. The number of hydrogen-bond donors (Lipinski definition) is 1. The van der Waals surface area contributed by atoms with Crippen molar-refractivity contribution in [3.05, 3.63) is 18.0 Å². The molecule has 1 N–H and O–H groups in total. The van der Waals surface area contributed by atoms with Crippen molar-refractivity contribution in [2.45, 2.75) is 50.7 Å². The van der Waals surface area contributed by atoms with Crippen LogP contribution in [-0.4, -0.2) is 59.5 Å². The van der Waals surface area contributed by atoms with Crippen molar-refractivity contribution >= 4 is 5.96 Å². The summed E-state index contributed by atoms with van der Waals surface area (Å²) in [6.45, 7) is 3.15. The van der Waals surface area contributed by atoms with E-state index >= 15 is 0 Å². The van der Waals surface area contributed by atoms with Gasteiger partial charge in [0.05, 0.1) is 12.3 Å². The zero-order chi connectivity index (χ0) is 17.7. The molecule has 2 aliphatic carbocycles. The first-order valence-electron chi connectivity index (χ1n) is 10.3. The van der Waals surface area contributed by atoms with Gasteiger partial charge in [-0.3, -0.25) is 9.67 Å². The zero-order valence-electron chi connectivity index (χ0n) is 16.0. The van der Waals surface area contributed by atoms with Crippen LogP contribution in [0.4, 0.5) is 0 Å². The highest BCUT2D eigenvalue weighted by molar-refractivity contribution is 5.81. The highest BCUT2D eigenvalue weighted by Gasteiger charge is 2.66. The molecule has 5 rings (SSSR count). The van der Waals surface area contributed by atoms with Crippen molar-refractivity contribution in [3.63, 3.8) is 0 Å². The maximum Gasteiger partial charge on any atom is 0.193 e. The summed E-state index contributed by atoms with van der Waals surface area (Å²) in [5, 5.41) is 8.18. The molecule has 2 saturated carbocycles. The summed E-state index contributed by atoms with van der Waals surface area (Å²) in [6, 6.07) is 0.569. The Labute approximate surface area is 156 Å². The number of aliphatic imine (C=N–C) groups is 1. The molecule has 4 aliphatic rings. The largest absolute Gasteiger partial charge is 0.377 e. The van der Waals surface area contributed by atoms with E-state index in [9.17, 15) is 0 Å². The van der Waals surface area contributed by atoms with E-state index in [-0.39, 0.29) is 0 Å². The van der Waals surface area contributed by atoms with E-state index in [0.29, 0.717) is 29.4 Å². The second-order valence-corrected chi connectivity index (χ2v) is 8.83. The first kappa shape index (κ1) is 16.6. The lowest BCUT2D eigenvalue weighted by Gasteiger charge is -2.63. The molecule has 1 spiro atoms. The number of hydrogen-bond acceptors (Lipinski definition) is 3. The van der Waals surface area contributed by atoms with Crippen LogP contribution in [0.3, 0.4) is 0 Å². The van der Waals surface area contributed by atoms with Gasteiger partial charge in [-0.05, 0) is 43.6 Å². The van der Waals surface area contributed by atoms with Crippen LogP contribution in [-0.2, 0) is 18.2 Å². The van der Waals surface area contributed by atoms with Gasteiger partial charge in [0.2, 0.25) is 0 Å². The minimum atomic E-state index is 0.409. The van der Waals surface area contributed by atoms with E-state index in [1.165, 1.54) is 37.7 Å². The van der Waals surface area contributed by atoms with Gasteiger partial charge in [0.25, 0.3) is 0 Å². The predicted molar refractivity (Wildman–Crippen MR) is 101 cm³/mol. The van der Waals surface area contributed by atoms with Crippen LogP contribution in [0.1, 0.15) is 37.7 Å². The molecule has 2 aliphatic heterocycles. The van der Waals surface area contributed by atoms with E-state index in [1.54, 1.807) is 0 Å². The van der Waals surface area contributed by atoms with E-state index in [4.69, 9.17) is 4.74 Å². The summed E-state index contributed by atoms with van der Waals surface area (Å²) < 4.78 is 7.96. The summed E-state index contributed by atoms with van der Waals surface area (Å²) >= 11 is 0. The number of guanidine groups is 1. The number of ether oxygens (including phenoxy) is 1. The molecule has 4 fully saturated rings. The monoisotopic (exact) mass is 357 g/mol. The maximum absolute atomic E-state index is 6.06. The normalized spacial score (nSPS) is 35.3. The van der Waals surface area contributed by atoms with Crippen molar-refractivity contribution in [1.29, 1.82) is 0 Å². The van der Waals surface area contributed by atoms with Gasteiger partial charge in [-0.2, -0.15) is 5.10 Å². The van der Waals surface area contributed by atoms with Gasteiger partial charge in [0.15, 0.2) is 5.96 Å². The fourth-order valence-corrected chi connectivity index (χ4v) is 5.99. The fraction of sp³-hybridized carbons (Fsp3) is 0.800. The summed E-state index contributed by atoms with van der Waals surface area (Å²) in [4.78, 5) is 7.12. The first-order valence-corrected chi connectivity index (χ1v) is 10.3. The molecule has 3 heterocycles. The third kappa shape index (κ3) is 2.48. The topological polar surface area (TPSA) is 54.7 Å². The number of rotatable bonds is 3. The Morgan fingerprint density at radius 1 is 1.42 bits per heavy atom. The SMILES string of the molecule is CN=C(NC1C2CCOC2C12CCC2)N1CCC(Cc2cnn(C)c2)C1. The second kappa shape index (κ2) is 6.25. The molecule has 0 radical (unpaired) electrons. The van der Waals surface area contributed by atoms with Gasteiger partial charge >= 0.3 is 0 Å². The van der Waals surface area contributed by atoms with Crippen LogP contribution in [0, 0.1) is 17.3 Å². The smallest absolute Gasteiger partial charge is 0.193 e. The van der Waals surface area contributed by atoms with Crippen molar-refractivity contribution in [1.82, 2.24) is 20.0 Å². The Kier molecular flexibility index (Phi) is 3.99. The van der Waals surface area contributed by atoms with Crippen LogP contribution in [0.5, 0.6) is 0 Å². The minimum Gasteiger partial charge on any atom is -0.377 e.